The van der Waals surface area contributed by atoms with Crippen molar-refractivity contribution in [2.45, 2.75) is 6.42 Å². The molecule has 0 aromatic carbocycles. The Bertz CT molecular complexity index is 713. The van der Waals surface area contributed by atoms with Gasteiger partial charge in [-0.2, -0.15) is 0 Å². The SMILES string of the molecule is Cn1cc(Cl)cc1C(=O)Nc1cc(C#CCCO)ccn1. The van der Waals surface area contributed by atoms with Gasteiger partial charge >= 0.3 is 0 Å². The van der Waals surface area contributed by atoms with Crippen LogP contribution in [0.5, 0.6) is 0 Å². The first-order chi connectivity index (χ1) is 10.1. The molecule has 0 saturated carbocycles. The average molecular weight is 304 g/mol. The van der Waals surface area contributed by atoms with Crippen LogP contribution in [-0.2, 0) is 7.05 Å². The lowest BCUT2D eigenvalue weighted by Gasteiger charge is -2.05. The zero-order chi connectivity index (χ0) is 15.2. The van der Waals surface area contributed by atoms with E-state index in [1.807, 2.05) is 0 Å². The predicted molar refractivity (Wildman–Crippen MR) is 81.2 cm³/mol. The number of hydrogen-bond donors (Lipinski definition) is 2. The van der Waals surface area contributed by atoms with Crippen LogP contribution in [0, 0.1) is 11.8 Å². The van der Waals surface area contributed by atoms with Crippen LogP contribution in [0.25, 0.3) is 0 Å². The van der Waals surface area contributed by atoms with Crippen LogP contribution in [0.1, 0.15) is 22.5 Å². The maximum Gasteiger partial charge on any atom is 0.273 e. The number of nitrogens with one attached hydrogen (secondary N) is 1. The highest BCUT2D eigenvalue weighted by molar-refractivity contribution is 6.31. The molecular formula is C15H14ClN3O2. The molecule has 0 unspecified atom stereocenters. The zero-order valence-corrected chi connectivity index (χ0v) is 12.2. The first kappa shape index (κ1) is 15.1. The Hall–Kier alpha value is -2.29. The van der Waals surface area contributed by atoms with E-state index in [-0.39, 0.29) is 12.5 Å². The van der Waals surface area contributed by atoms with Crippen LogP contribution >= 0.6 is 11.6 Å². The van der Waals surface area contributed by atoms with E-state index < -0.39 is 0 Å². The second kappa shape index (κ2) is 6.93. The van der Waals surface area contributed by atoms with Crippen LogP contribution in [0.15, 0.2) is 30.6 Å². The molecule has 5 nitrogen and oxygen atoms in total. The number of aromatic nitrogens is 2. The van der Waals surface area contributed by atoms with Gasteiger partial charge < -0.3 is 15.0 Å². The fourth-order valence-corrected chi connectivity index (χ4v) is 1.98. The van der Waals surface area contributed by atoms with Crippen molar-refractivity contribution in [3.05, 3.63) is 46.9 Å². The van der Waals surface area contributed by atoms with Crippen molar-refractivity contribution in [3.8, 4) is 11.8 Å². The Balaban J connectivity index is 2.13. The number of aryl methyl sites for hydroxylation is 1. The standard InChI is InChI=1S/C15H14ClN3O2/c1-19-10-12(16)9-13(19)15(21)18-14-8-11(5-6-17-14)4-2-3-7-20/h5-6,8-10,20H,3,7H2,1H3,(H,17,18,21). The number of pyridine rings is 1. The molecule has 6 heteroatoms. The lowest BCUT2D eigenvalue weighted by atomic mass is 10.2. The molecule has 2 rings (SSSR count). The molecule has 2 aromatic rings. The molecule has 0 aliphatic heterocycles. The maximum atomic E-state index is 12.1. The van der Waals surface area contributed by atoms with Gasteiger partial charge in [0.25, 0.3) is 5.91 Å². The molecule has 0 radical (unpaired) electrons. The van der Waals surface area contributed by atoms with Crippen LogP contribution in [-0.4, -0.2) is 27.2 Å². The van der Waals surface area contributed by atoms with Gasteiger partial charge in [0.15, 0.2) is 0 Å². The summed E-state index contributed by atoms with van der Waals surface area (Å²) in [7, 11) is 1.74. The molecule has 108 valence electrons. The smallest absolute Gasteiger partial charge is 0.273 e. The minimum Gasteiger partial charge on any atom is -0.395 e. The summed E-state index contributed by atoms with van der Waals surface area (Å²) in [6.45, 7) is 0.0237. The molecule has 2 heterocycles. The fourth-order valence-electron chi connectivity index (χ4n) is 1.73. The van der Waals surface area contributed by atoms with Crippen molar-refractivity contribution in [1.29, 1.82) is 0 Å². The van der Waals surface area contributed by atoms with Crippen molar-refractivity contribution in [3.63, 3.8) is 0 Å². The fraction of sp³-hybridized carbons (Fsp3) is 0.200. The normalized spacial score (nSPS) is 9.86. The van der Waals surface area contributed by atoms with Gasteiger partial charge in [-0.15, -0.1) is 0 Å². The van der Waals surface area contributed by atoms with Crippen molar-refractivity contribution in [2.75, 3.05) is 11.9 Å². The molecule has 0 bridgehead atoms. The summed E-state index contributed by atoms with van der Waals surface area (Å²) in [6, 6.07) is 4.99. The number of anilines is 1. The lowest BCUT2D eigenvalue weighted by Crippen LogP contribution is -2.16. The third kappa shape index (κ3) is 4.09. The molecule has 0 atom stereocenters. The first-order valence-electron chi connectivity index (χ1n) is 6.29. The van der Waals surface area contributed by atoms with E-state index >= 15 is 0 Å². The highest BCUT2D eigenvalue weighted by Crippen LogP contribution is 2.14. The third-order valence-corrected chi connectivity index (χ3v) is 2.88. The zero-order valence-electron chi connectivity index (χ0n) is 11.4. The second-order valence-corrected chi connectivity index (χ2v) is 4.75. The van der Waals surface area contributed by atoms with Gasteiger partial charge in [-0.05, 0) is 18.2 Å². The molecule has 0 saturated heterocycles. The van der Waals surface area contributed by atoms with Crippen molar-refractivity contribution < 1.29 is 9.90 Å². The molecule has 2 aromatic heterocycles. The molecule has 2 N–H and O–H groups in total. The third-order valence-electron chi connectivity index (χ3n) is 2.68. The van der Waals surface area contributed by atoms with E-state index in [1.165, 1.54) is 0 Å². The van der Waals surface area contributed by atoms with Gasteiger partial charge in [-0.3, -0.25) is 4.79 Å². The summed E-state index contributed by atoms with van der Waals surface area (Å²) in [5.41, 5.74) is 1.16. The molecule has 0 aliphatic carbocycles. The van der Waals surface area contributed by atoms with Gasteiger partial charge in [0, 0.05) is 31.4 Å². The molecule has 0 fully saturated rings. The van der Waals surface area contributed by atoms with E-state index in [9.17, 15) is 4.79 Å². The van der Waals surface area contributed by atoms with Gasteiger partial charge in [-0.1, -0.05) is 23.4 Å². The number of halogens is 1. The first-order valence-corrected chi connectivity index (χ1v) is 6.67. The summed E-state index contributed by atoms with van der Waals surface area (Å²) in [5.74, 6) is 5.82. The van der Waals surface area contributed by atoms with E-state index in [2.05, 4.69) is 22.1 Å². The number of hydrogen-bond acceptors (Lipinski definition) is 3. The predicted octanol–water partition coefficient (Wildman–Crippen LogP) is 2.06. The Morgan fingerprint density at radius 3 is 3.00 bits per heavy atom. The molecule has 1 amide bonds. The van der Waals surface area contributed by atoms with Gasteiger partial charge in [0.05, 0.1) is 11.6 Å². The van der Waals surface area contributed by atoms with Crippen LogP contribution < -0.4 is 5.32 Å². The number of carbonyl (C=O) groups excluding carboxylic acids is 1. The van der Waals surface area contributed by atoms with Crippen LogP contribution in [0.3, 0.4) is 0 Å². The van der Waals surface area contributed by atoms with Crippen molar-refractivity contribution >= 4 is 23.3 Å². The number of amides is 1. The van der Waals surface area contributed by atoms with E-state index in [4.69, 9.17) is 16.7 Å². The minimum absolute atomic E-state index is 0.0237. The maximum absolute atomic E-state index is 12.1. The van der Waals surface area contributed by atoms with E-state index in [0.717, 1.165) is 5.56 Å². The van der Waals surface area contributed by atoms with Crippen molar-refractivity contribution in [2.24, 2.45) is 7.05 Å². The molecule has 0 spiro atoms. The Labute approximate surface area is 127 Å². The molecule has 0 aliphatic rings. The number of carbonyl (C=O) groups is 1. The number of aliphatic hydroxyl groups is 1. The average Bonchev–Trinajstić information content (AvgIpc) is 2.78. The number of nitrogens with zero attached hydrogens (tertiary/aromatic N) is 2. The van der Waals surface area contributed by atoms with Crippen molar-refractivity contribution in [1.82, 2.24) is 9.55 Å². The number of rotatable bonds is 3. The largest absolute Gasteiger partial charge is 0.395 e. The Morgan fingerprint density at radius 1 is 1.52 bits per heavy atom. The summed E-state index contributed by atoms with van der Waals surface area (Å²) in [4.78, 5) is 16.2. The summed E-state index contributed by atoms with van der Waals surface area (Å²) in [5, 5.41) is 11.9. The summed E-state index contributed by atoms with van der Waals surface area (Å²) in [6.07, 6.45) is 3.63. The van der Waals surface area contributed by atoms with Gasteiger partial charge in [0.1, 0.15) is 11.5 Å². The lowest BCUT2D eigenvalue weighted by molar-refractivity contribution is 0.101. The molecular weight excluding hydrogens is 290 g/mol. The highest BCUT2D eigenvalue weighted by Gasteiger charge is 2.11. The van der Waals surface area contributed by atoms with E-state index in [0.29, 0.717) is 23.0 Å². The minimum atomic E-state index is -0.294. The number of aliphatic hydroxyl groups excluding tert-OH is 1. The van der Waals surface area contributed by atoms with Gasteiger partial charge in [0.2, 0.25) is 0 Å². The molecule has 21 heavy (non-hydrogen) atoms. The van der Waals surface area contributed by atoms with E-state index in [1.54, 1.807) is 42.2 Å². The van der Waals surface area contributed by atoms with Crippen LogP contribution in [0.2, 0.25) is 5.02 Å². The second-order valence-electron chi connectivity index (χ2n) is 4.31. The Kier molecular flexibility index (Phi) is 4.99. The quantitative estimate of drug-likeness (QED) is 0.853. The topological polar surface area (TPSA) is 67.2 Å². The monoisotopic (exact) mass is 303 g/mol. The summed E-state index contributed by atoms with van der Waals surface area (Å²) < 4.78 is 1.64. The highest BCUT2D eigenvalue weighted by atomic mass is 35.5. The van der Waals surface area contributed by atoms with Crippen LogP contribution in [0.4, 0.5) is 5.82 Å². The summed E-state index contributed by atoms with van der Waals surface area (Å²) >= 11 is 5.85. The van der Waals surface area contributed by atoms with Gasteiger partial charge in [-0.25, -0.2) is 4.98 Å². The Morgan fingerprint density at radius 2 is 2.33 bits per heavy atom.